The molecule has 0 aliphatic heterocycles. The van der Waals surface area contributed by atoms with Gasteiger partial charge < -0.3 is 15.4 Å². The summed E-state index contributed by atoms with van der Waals surface area (Å²) < 4.78 is 2.00. The molecule has 0 aromatic carbocycles. The Labute approximate surface area is 58.9 Å². The fourth-order valence-corrected chi connectivity index (χ4v) is 0.421. The van der Waals surface area contributed by atoms with E-state index in [1.54, 1.807) is 0 Å². The number of aromatic nitrogens is 1. The van der Waals surface area contributed by atoms with Gasteiger partial charge >= 0.3 is 6.09 Å². The minimum atomic E-state index is -1.33. The summed E-state index contributed by atoms with van der Waals surface area (Å²) in [6, 6.07) is 4.00. The molecule has 0 atom stereocenters. The van der Waals surface area contributed by atoms with Crippen LogP contribution in [0.15, 0.2) is 24.5 Å². The molecule has 1 aromatic heterocycles. The minimum absolute atomic E-state index is 1.33. The summed E-state index contributed by atoms with van der Waals surface area (Å²) in [5, 5.41) is 7.19. The van der Waals surface area contributed by atoms with Gasteiger partial charge in [0.25, 0.3) is 0 Å². The third-order valence-corrected chi connectivity index (χ3v) is 0.754. The average Bonchev–Trinajstić information content (AvgIpc) is 2.15. The number of amides is 1. The molecule has 0 aliphatic rings. The summed E-state index contributed by atoms with van der Waals surface area (Å²) in [7, 11) is 2.00. The van der Waals surface area contributed by atoms with Crippen molar-refractivity contribution >= 4 is 6.09 Å². The molecule has 4 nitrogen and oxygen atoms in total. The van der Waals surface area contributed by atoms with E-state index in [4.69, 9.17) is 9.90 Å². The van der Waals surface area contributed by atoms with Crippen molar-refractivity contribution in [2.45, 2.75) is 0 Å². The van der Waals surface area contributed by atoms with E-state index in [0.29, 0.717) is 0 Å². The first-order valence-corrected chi connectivity index (χ1v) is 2.68. The number of nitrogens with zero attached hydrogens (tertiary/aromatic N) is 1. The molecule has 0 unspecified atom stereocenters. The lowest BCUT2D eigenvalue weighted by Gasteiger charge is -1.79. The van der Waals surface area contributed by atoms with Crippen molar-refractivity contribution in [1.82, 2.24) is 4.57 Å². The number of aryl methyl sites for hydroxylation is 1. The monoisotopic (exact) mass is 142 g/mol. The van der Waals surface area contributed by atoms with Crippen LogP contribution < -0.4 is 5.73 Å². The van der Waals surface area contributed by atoms with Crippen LogP contribution in [-0.4, -0.2) is 15.8 Å². The topological polar surface area (TPSA) is 68.2 Å². The molecule has 10 heavy (non-hydrogen) atoms. The second-order valence-electron chi connectivity index (χ2n) is 1.69. The lowest BCUT2D eigenvalue weighted by Crippen LogP contribution is -2.03. The molecule has 3 N–H and O–H groups in total. The quantitative estimate of drug-likeness (QED) is 0.558. The molecule has 4 heteroatoms. The van der Waals surface area contributed by atoms with Crippen LogP contribution in [0.25, 0.3) is 0 Å². The standard InChI is InChI=1S/C5H7N.CH3NO2/c1-6-4-2-3-5-6;2-1(3)4/h2-5H,1H3;2H2,(H,3,4). The Morgan fingerprint density at radius 1 is 1.50 bits per heavy atom. The minimum Gasteiger partial charge on any atom is -0.465 e. The number of hydrogen-bond donors (Lipinski definition) is 2. The fraction of sp³-hybridized carbons (Fsp3) is 0.167. The van der Waals surface area contributed by atoms with Crippen molar-refractivity contribution in [3.8, 4) is 0 Å². The summed E-state index contributed by atoms with van der Waals surface area (Å²) in [6.07, 6.45) is 2.67. The maximum absolute atomic E-state index is 8.78. The fourth-order valence-electron chi connectivity index (χ4n) is 0.421. The van der Waals surface area contributed by atoms with Gasteiger partial charge in [0, 0.05) is 19.4 Å². The molecule has 0 saturated heterocycles. The van der Waals surface area contributed by atoms with Crippen molar-refractivity contribution in [2.24, 2.45) is 12.8 Å². The zero-order valence-electron chi connectivity index (χ0n) is 5.69. The first kappa shape index (κ1) is 8.55. The summed E-state index contributed by atoms with van der Waals surface area (Å²) >= 11 is 0. The second kappa shape index (κ2) is 4.43. The number of hydrogen-bond acceptors (Lipinski definition) is 1. The predicted octanol–water partition coefficient (Wildman–Crippen LogP) is 0.648. The van der Waals surface area contributed by atoms with E-state index in [-0.39, 0.29) is 0 Å². The SMILES string of the molecule is Cn1cccc1.NC(=O)O. The lowest BCUT2D eigenvalue weighted by atomic mass is 10.7. The molecule has 1 heterocycles. The van der Waals surface area contributed by atoms with Crippen LogP contribution in [0.1, 0.15) is 0 Å². The van der Waals surface area contributed by atoms with Crippen LogP contribution in [0.2, 0.25) is 0 Å². The summed E-state index contributed by atoms with van der Waals surface area (Å²) in [5.74, 6) is 0. The van der Waals surface area contributed by atoms with Crippen LogP contribution in [0.5, 0.6) is 0 Å². The maximum Gasteiger partial charge on any atom is 0.402 e. The highest BCUT2D eigenvalue weighted by atomic mass is 16.4. The van der Waals surface area contributed by atoms with Gasteiger partial charge in [-0.05, 0) is 12.1 Å². The molecule has 1 rings (SSSR count). The summed E-state index contributed by atoms with van der Waals surface area (Å²) in [4.78, 5) is 8.78. The largest absolute Gasteiger partial charge is 0.465 e. The summed E-state index contributed by atoms with van der Waals surface area (Å²) in [5.41, 5.74) is 4.03. The van der Waals surface area contributed by atoms with Gasteiger partial charge in [-0.1, -0.05) is 0 Å². The van der Waals surface area contributed by atoms with E-state index in [0.717, 1.165) is 0 Å². The average molecular weight is 142 g/mol. The molecular weight excluding hydrogens is 132 g/mol. The third-order valence-electron chi connectivity index (χ3n) is 0.754. The Morgan fingerprint density at radius 2 is 1.80 bits per heavy atom. The van der Waals surface area contributed by atoms with E-state index in [1.165, 1.54) is 0 Å². The van der Waals surface area contributed by atoms with E-state index >= 15 is 0 Å². The zero-order chi connectivity index (χ0) is 7.98. The van der Waals surface area contributed by atoms with E-state index in [2.05, 4.69) is 5.73 Å². The summed E-state index contributed by atoms with van der Waals surface area (Å²) in [6.45, 7) is 0. The Kier molecular flexibility index (Phi) is 3.79. The molecule has 1 aromatic rings. The molecule has 0 radical (unpaired) electrons. The second-order valence-corrected chi connectivity index (χ2v) is 1.69. The highest BCUT2D eigenvalue weighted by Gasteiger charge is 1.68. The van der Waals surface area contributed by atoms with Gasteiger partial charge in [-0.15, -0.1) is 0 Å². The van der Waals surface area contributed by atoms with Crippen molar-refractivity contribution in [3.63, 3.8) is 0 Å². The molecule has 0 aliphatic carbocycles. The smallest absolute Gasteiger partial charge is 0.402 e. The predicted molar refractivity (Wildman–Crippen MR) is 37.6 cm³/mol. The molecule has 56 valence electrons. The highest BCUT2D eigenvalue weighted by molar-refractivity contribution is 5.61. The molecular formula is C6H10N2O2. The van der Waals surface area contributed by atoms with Crippen LogP contribution in [0, 0.1) is 0 Å². The molecule has 0 spiro atoms. The highest BCUT2D eigenvalue weighted by Crippen LogP contribution is 1.80. The van der Waals surface area contributed by atoms with E-state index in [9.17, 15) is 0 Å². The van der Waals surface area contributed by atoms with E-state index in [1.807, 2.05) is 36.1 Å². The van der Waals surface area contributed by atoms with Crippen molar-refractivity contribution in [1.29, 1.82) is 0 Å². The Bertz CT molecular complexity index is 178. The van der Waals surface area contributed by atoms with Gasteiger partial charge in [-0.3, -0.25) is 0 Å². The molecule has 0 bridgehead atoms. The van der Waals surface area contributed by atoms with Crippen LogP contribution >= 0.6 is 0 Å². The van der Waals surface area contributed by atoms with E-state index < -0.39 is 6.09 Å². The van der Waals surface area contributed by atoms with Crippen LogP contribution in [0.3, 0.4) is 0 Å². The van der Waals surface area contributed by atoms with Crippen molar-refractivity contribution < 1.29 is 9.90 Å². The number of nitrogens with two attached hydrogens (primary N) is 1. The van der Waals surface area contributed by atoms with Gasteiger partial charge in [0.1, 0.15) is 0 Å². The molecule has 1 amide bonds. The Balaban J connectivity index is 0.000000180. The Hall–Kier alpha value is -1.45. The van der Waals surface area contributed by atoms with Crippen LogP contribution in [-0.2, 0) is 7.05 Å². The number of primary amides is 1. The number of carbonyl (C=O) groups is 1. The first-order valence-electron chi connectivity index (χ1n) is 2.68. The third kappa shape index (κ3) is 6.55. The molecule has 0 saturated carbocycles. The van der Waals surface area contributed by atoms with Gasteiger partial charge in [0.2, 0.25) is 0 Å². The van der Waals surface area contributed by atoms with Gasteiger partial charge in [-0.2, -0.15) is 0 Å². The number of rotatable bonds is 0. The van der Waals surface area contributed by atoms with Crippen LogP contribution in [0.4, 0.5) is 4.79 Å². The Morgan fingerprint density at radius 3 is 1.90 bits per heavy atom. The van der Waals surface area contributed by atoms with Crippen molar-refractivity contribution in [3.05, 3.63) is 24.5 Å². The maximum atomic E-state index is 8.78. The first-order chi connectivity index (χ1) is 4.63. The molecule has 0 fully saturated rings. The zero-order valence-corrected chi connectivity index (χ0v) is 5.69. The lowest BCUT2D eigenvalue weighted by molar-refractivity contribution is 0.205. The number of carboxylic acid groups (broad SMARTS) is 1. The normalized spacial score (nSPS) is 7.70. The van der Waals surface area contributed by atoms with Gasteiger partial charge in [0.15, 0.2) is 0 Å². The van der Waals surface area contributed by atoms with Crippen molar-refractivity contribution in [2.75, 3.05) is 0 Å². The van der Waals surface area contributed by atoms with Gasteiger partial charge in [0.05, 0.1) is 0 Å². The van der Waals surface area contributed by atoms with Gasteiger partial charge in [-0.25, -0.2) is 4.79 Å².